The number of hydrogen-bond donors (Lipinski definition) is 1. The van der Waals surface area contributed by atoms with Crippen molar-refractivity contribution in [3.8, 4) is 22.9 Å². The molecule has 6 nitrogen and oxygen atoms in total. The van der Waals surface area contributed by atoms with Crippen molar-refractivity contribution < 1.29 is 9.47 Å². The third-order valence-electron chi connectivity index (χ3n) is 4.03. The highest BCUT2D eigenvalue weighted by atomic mass is 32.2. The molecule has 0 bridgehead atoms. The Hall–Kier alpha value is -2.80. The lowest BCUT2D eigenvalue weighted by atomic mass is 10.1. The number of thioether (sulfide) groups is 1. The van der Waals surface area contributed by atoms with Gasteiger partial charge < -0.3 is 14.8 Å². The van der Waals surface area contributed by atoms with Crippen LogP contribution in [0.1, 0.15) is 18.7 Å². The lowest BCUT2D eigenvalue weighted by molar-refractivity contribution is 0.225. The number of benzene rings is 2. The number of hydrogen-bond acceptors (Lipinski definition) is 7. The summed E-state index contributed by atoms with van der Waals surface area (Å²) in [5, 5.41) is 12.6. The smallest absolute Gasteiger partial charge is 0.247 e. The van der Waals surface area contributed by atoms with Crippen molar-refractivity contribution in [3.63, 3.8) is 0 Å². The van der Waals surface area contributed by atoms with Crippen LogP contribution in [0, 0.1) is 0 Å². The van der Waals surface area contributed by atoms with E-state index in [1.54, 1.807) is 7.11 Å². The first-order valence-electron chi connectivity index (χ1n) is 8.32. The molecular weight excluding hydrogens is 348 g/mol. The van der Waals surface area contributed by atoms with Gasteiger partial charge in [0, 0.05) is 16.8 Å². The van der Waals surface area contributed by atoms with Crippen LogP contribution in [-0.2, 0) is 0 Å². The summed E-state index contributed by atoms with van der Waals surface area (Å²) in [5.41, 5.74) is 3.46. The first kappa shape index (κ1) is 16.7. The van der Waals surface area contributed by atoms with Crippen molar-refractivity contribution in [1.29, 1.82) is 0 Å². The van der Waals surface area contributed by atoms with Gasteiger partial charge in [0.2, 0.25) is 11.0 Å². The number of para-hydroxylation sites is 1. The Morgan fingerprint density at radius 3 is 2.69 bits per heavy atom. The van der Waals surface area contributed by atoms with Gasteiger partial charge in [-0.15, -0.1) is 10.2 Å². The van der Waals surface area contributed by atoms with E-state index in [1.807, 2.05) is 48.5 Å². The Bertz CT molecular complexity index is 918. The molecule has 0 fully saturated rings. The molecule has 0 aliphatic carbocycles. The van der Waals surface area contributed by atoms with E-state index in [0.717, 1.165) is 28.3 Å². The lowest BCUT2D eigenvalue weighted by Crippen LogP contribution is -2.17. The summed E-state index contributed by atoms with van der Waals surface area (Å²) in [5.74, 6) is 2.15. The quantitative estimate of drug-likeness (QED) is 0.695. The fourth-order valence-electron chi connectivity index (χ4n) is 2.77. The molecule has 0 saturated heterocycles. The van der Waals surface area contributed by atoms with Gasteiger partial charge in [0.1, 0.15) is 5.75 Å². The molecular formula is C19H18N4O2S. The first-order valence-corrected chi connectivity index (χ1v) is 9.31. The van der Waals surface area contributed by atoms with Crippen molar-refractivity contribution in [2.75, 3.05) is 18.2 Å². The molecule has 1 atom stereocenters. The van der Waals surface area contributed by atoms with Crippen LogP contribution in [0.15, 0.2) is 53.7 Å². The molecule has 1 aliphatic heterocycles. The molecule has 7 heteroatoms. The fraction of sp³-hybridized carbons (Fsp3) is 0.211. The van der Waals surface area contributed by atoms with Gasteiger partial charge in [-0.2, -0.15) is 4.98 Å². The molecule has 0 unspecified atom stereocenters. The third kappa shape index (κ3) is 3.17. The van der Waals surface area contributed by atoms with Crippen LogP contribution < -0.4 is 14.8 Å². The Balaban J connectivity index is 1.79. The Kier molecular flexibility index (Phi) is 4.62. The summed E-state index contributed by atoms with van der Waals surface area (Å²) in [6.07, 6.45) is -0.389. The molecule has 1 aromatic heterocycles. The van der Waals surface area contributed by atoms with E-state index in [2.05, 4.69) is 27.4 Å². The number of rotatable bonds is 4. The summed E-state index contributed by atoms with van der Waals surface area (Å²) in [7, 11) is 1.65. The molecule has 26 heavy (non-hydrogen) atoms. The Labute approximate surface area is 156 Å². The average molecular weight is 366 g/mol. The van der Waals surface area contributed by atoms with Gasteiger partial charge in [0.25, 0.3) is 0 Å². The minimum Gasteiger partial charge on any atom is -0.497 e. The minimum absolute atomic E-state index is 0.389. The van der Waals surface area contributed by atoms with Gasteiger partial charge in [-0.25, -0.2) is 0 Å². The highest BCUT2D eigenvalue weighted by Gasteiger charge is 2.25. The normalized spacial score (nSPS) is 15.1. The summed E-state index contributed by atoms with van der Waals surface area (Å²) in [6, 6.07) is 15.7. The second-order valence-electron chi connectivity index (χ2n) is 5.64. The first-order chi connectivity index (χ1) is 12.8. The van der Waals surface area contributed by atoms with E-state index < -0.39 is 0 Å². The molecule has 0 saturated carbocycles. The van der Waals surface area contributed by atoms with Gasteiger partial charge in [0.05, 0.1) is 7.11 Å². The second kappa shape index (κ2) is 7.21. The number of anilines is 1. The van der Waals surface area contributed by atoms with Crippen LogP contribution in [0.25, 0.3) is 11.3 Å². The number of methoxy groups -OCH3 is 1. The van der Waals surface area contributed by atoms with Crippen LogP contribution in [0.3, 0.4) is 0 Å². The molecule has 132 valence electrons. The monoisotopic (exact) mass is 366 g/mol. The molecule has 1 N–H and O–H groups in total. The molecule has 2 aromatic carbocycles. The maximum absolute atomic E-state index is 6.21. The van der Waals surface area contributed by atoms with E-state index in [4.69, 9.17) is 9.47 Å². The Morgan fingerprint density at radius 1 is 1.12 bits per heavy atom. The zero-order valence-electron chi connectivity index (χ0n) is 14.5. The van der Waals surface area contributed by atoms with Crippen molar-refractivity contribution in [2.24, 2.45) is 0 Å². The predicted molar refractivity (Wildman–Crippen MR) is 102 cm³/mol. The maximum atomic E-state index is 6.21. The van der Waals surface area contributed by atoms with Gasteiger partial charge in [-0.1, -0.05) is 36.9 Å². The van der Waals surface area contributed by atoms with Gasteiger partial charge in [-0.3, -0.25) is 0 Å². The second-order valence-corrected chi connectivity index (χ2v) is 6.87. The maximum Gasteiger partial charge on any atom is 0.247 e. The van der Waals surface area contributed by atoms with E-state index in [9.17, 15) is 0 Å². The zero-order chi connectivity index (χ0) is 17.9. The van der Waals surface area contributed by atoms with Crippen molar-refractivity contribution in [2.45, 2.75) is 18.3 Å². The highest BCUT2D eigenvalue weighted by molar-refractivity contribution is 7.99. The van der Waals surface area contributed by atoms with E-state index >= 15 is 0 Å². The lowest BCUT2D eigenvalue weighted by Gasteiger charge is -2.19. The van der Waals surface area contributed by atoms with E-state index in [0.29, 0.717) is 16.7 Å². The standard InChI is InChI=1S/C19H18N4O2S/c1-3-26-19-21-18-16(22-23-19)14-6-4-5-7-15(14)20-17(25-18)12-8-10-13(24-2)11-9-12/h4-11,17,20H,3H2,1-2H3/t17-/m1/s1. The van der Waals surface area contributed by atoms with E-state index in [-0.39, 0.29) is 6.23 Å². The van der Waals surface area contributed by atoms with Crippen LogP contribution >= 0.6 is 11.8 Å². The molecule has 4 rings (SSSR count). The number of fused-ring (bicyclic) bond motifs is 3. The Morgan fingerprint density at radius 2 is 1.92 bits per heavy atom. The fourth-order valence-corrected chi connectivity index (χ4v) is 3.27. The largest absolute Gasteiger partial charge is 0.497 e. The van der Waals surface area contributed by atoms with Gasteiger partial charge in [-0.05, 0) is 36.1 Å². The van der Waals surface area contributed by atoms with Crippen molar-refractivity contribution >= 4 is 17.4 Å². The number of nitrogens with one attached hydrogen (secondary N) is 1. The van der Waals surface area contributed by atoms with Crippen molar-refractivity contribution in [3.05, 3.63) is 54.1 Å². The molecule has 1 aliphatic rings. The average Bonchev–Trinajstić information content (AvgIpc) is 2.85. The SMILES string of the molecule is CCSc1nnc2c(n1)O[C@H](c1ccc(OC)cc1)Nc1ccccc1-2. The van der Waals surface area contributed by atoms with E-state index in [1.165, 1.54) is 11.8 Å². The summed E-state index contributed by atoms with van der Waals surface area (Å²) >= 11 is 1.54. The highest BCUT2D eigenvalue weighted by Crippen LogP contribution is 2.39. The number of ether oxygens (including phenoxy) is 2. The van der Waals surface area contributed by atoms with Crippen LogP contribution in [0.5, 0.6) is 11.6 Å². The molecule has 0 amide bonds. The van der Waals surface area contributed by atoms with Crippen molar-refractivity contribution in [1.82, 2.24) is 15.2 Å². The molecule has 0 radical (unpaired) electrons. The molecule has 3 aromatic rings. The molecule has 2 heterocycles. The van der Waals surface area contributed by atoms with Crippen LogP contribution in [0.4, 0.5) is 5.69 Å². The minimum atomic E-state index is -0.389. The summed E-state index contributed by atoms with van der Waals surface area (Å²) in [6.45, 7) is 2.05. The summed E-state index contributed by atoms with van der Waals surface area (Å²) < 4.78 is 11.4. The number of aromatic nitrogens is 3. The number of nitrogens with zero attached hydrogens (tertiary/aromatic N) is 3. The summed E-state index contributed by atoms with van der Waals surface area (Å²) in [4.78, 5) is 4.57. The van der Waals surface area contributed by atoms with Crippen LogP contribution in [0.2, 0.25) is 0 Å². The molecule has 0 spiro atoms. The van der Waals surface area contributed by atoms with Crippen LogP contribution in [-0.4, -0.2) is 28.0 Å². The van der Waals surface area contributed by atoms with Gasteiger partial charge >= 0.3 is 0 Å². The third-order valence-corrected chi connectivity index (χ3v) is 4.75. The topological polar surface area (TPSA) is 69.2 Å². The predicted octanol–water partition coefficient (Wildman–Crippen LogP) is 4.16. The van der Waals surface area contributed by atoms with Gasteiger partial charge in [0.15, 0.2) is 11.9 Å². The zero-order valence-corrected chi connectivity index (χ0v) is 15.3.